The van der Waals surface area contributed by atoms with Crippen LogP contribution in [0, 0.1) is 37.0 Å². The maximum absolute atomic E-state index is 13.0. The van der Waals surface area contributed by atoms with Crippen molar-refractivity contribution in [3.05, 3.63) is 84.7 Å². The molecule has 1 unspecified atom stereocenters. The number of carbonyl (C=O) groups excluding carboxylic acids is 4. The van der Waals surface area contributed by atoms with Gasteiger partial charge in [-0.25, -0.2) is 19.6 Å². The van der Waals surface area contributed by atoms with Crippen molar-refractivity contribution in [3.63, 3.8) is 0 Å². The van der Waals surface area contributed by atoms with Crippen LogP contribution in [0.25, 0.3) is 44.4 Å². The van der Waals surface area contributed by atoms with E-state index in [2.05, 4.69) is 154 Å². The van der Waals surface area contributed by atoms with E-state index in [4.69, 9.17) is 9.72 Å². The van der Waals surface area contributed by atoms with Crippen molar-refractivity contribution in [2.24, 2.45) is 11.3 Å². The highest BCUT2D eigenvalue weighted by Crippen LogP contribution is 2.47. The second kappa shape index (κ2) is 29.2. The number of imidazole rings is 2. The van der Waals surface area contributed by atoms with Gasteiger partial charge in [-0.15, -0.1) is 25.7 Å². The molecule has 3 atom stereocenters. The average molecular weight is 959 g/mol. The largest absolute Gasteiger partial charge is 0.453 e. The predicted molar refractivity (Wildman–Crippen MR) is 278 cm³/mol. The molecule has 376 valence electrons. The van der Waals surface area contributed by atoms with Crippen molar-refractivity contribution in [3.8, 4) is 59.3 Å². The molecular weight excluding hydrogens is 885 g/mol. The zero-order valence-electron chi connectivity index (χ0n) is 42.5. The Morgan fingerprint density at radius 3 is 1.94 bits per heavy atom. The van der Waals surface area contributed by atoms with Crippen LogP contribution in [0.3, 0.4) is 0 Å². The minimum absolute atomic E-state index is 0.00662. The zero-order valence-corrected chi connectivity index (χ0v) is 42.5. The molecule has 0 spiro atoms. The number of rotatable bonds is 13. The molecule has 3 amide bonds. The first kappa shape index (κ1) is 57.4. The van der Waals surface area contributed by atoms with E-state index in [-0.39, 0.29) is 24.4 Å². The minimum atomic E-state index is -0.620. The van der Waals surface area contributed by atoms with Crippen molar-refractivity contribution in [1.29, 1.82) is 0 Å². The number of aromatic nitrogens is 4. The number of hydrogen-bond acceptors (Lipinski definition) is 10. The molecule has 1 saturated heterocycles. The molecule has 5 aromatic rings. The molecule has 70 heavy (non-hydrogen) atoms. The molecule has 3 heterocycles. The van der Waals surface area contributed by atoms with Crippen molar-refractivity contribution in [2.75, 3.05) is 48.0 Å². The number of aldehydes is 1. The first-order valence-electron chi connectivity index (χ1n) is 23.7. The van der Waals surface area contributed by atoms with E-state index in [0.717, 1.165) is 52.0 Å². The Morgan fingerprint density at radius 2 is 1.37 bits per heavy atom. The summed E-state index contributed by atoms with van der Waals surface area (Å²) in [5, 5.41) is 6.95. The van der Waals surface area contributed by atoms with Crippen LogP contribution in [0.15, 0.2) is 73.1 Å². The number of methoxy groups -OCH3 is 3. The van der Waals surface area contributed by atoms with Gasteiger partial charge in [-0.05, 0) is 104 Å². The summed E-state index contributed by atoms with van der Waals surface area (Å²) in [5.41, 5.74) is 6.59. The third-order valence-corrected chi connectivity index (χ3v) is 12.3. The number of amides is 3. The molecule has 0 radical (unpaired) electrons. The number of H-pyrrole nitrogens is 2. The Bertz CT molecular complexity index is 2430. The van der Waals surface area contributed by atoms with Gasteiger partial charge in [0.05, 0.1) is 63.2 Å². The summed E-state index contributed by atoms with van der Waals surface area (Å²) in [6, 6.07) is 22.8. The van der Waals surface area contributed by atoms with Crippen LogP contribution >= 0.6 is 0 Å². The lowest BCUT2D eigenvalue weighted by Gasteiger charge is -2.25. The Morgan fingerprint density at radius 1 is 0.829 bits per heavy atom. The van der Waals surface area contributed by atoms with E-state index in [1.54, 1.807) is 12.0 Å². The lowest BCUT2D eigenvalue weighted by Crippen LogP contribution is -2.42. The van der Waals surface area contributed by atoms with Gasteiger partial charge in [0.25, 0.3) is 0 Å². The average Bonchev–Trinajstić information content (AvgIpc) is 3.66. The van der Waals surface area contributed by atoms with Crippen LogP contribution in [-0.4, -0.2) is 114 Å². The molecule has 8 rings (SSSR count). The Hall–Kier alpha value is -6.94. The highest BCUT2D eigenvalue weighted by molar-refractivity contribution is 5.90. The maximum Gasteiger partial charge on any atom is 0.407 e. The van der Waals surface area contributed by atoms with Crippen molar-refractivity contribution in [2.45, 2.75) is 104 Å². The van der Waals surface area contributed by atoms with Gasteiger partial charge >= 0.3 is 12.2 Å². The molecule has 15 nitrogen and oxygen atoms in total. The number of carbonyl (C=O) groups is 4. The molecule has 3 aromatic carbocycles. The first-order valence-corrected chi connectivity index (χ1v) is 23.7. The number of alkyl carbamates (subject to hydrolysis) is 2. The van der Waals surface area contributed by atoms with E-state index in [0.29, 0.717) is 49.3 Å². The Labute approximate surface area is 415 Å². The number of likely N-dealkylation sites (tertiary alicyclic amines) is 1. The van der Waals surface area contributed by atoms with Crippen LogP contribution in [0.1, 0.15) is 97.3 Å². The van der Waals surface area contributed by atoms with Gasteiger partial charge in [0.1, 0.15) is 24.5 Å². The lowest BCUT2D eigenvalue weighted by atomic mass is 9.87. The van der Waals surface area contributed by atoms with Crippen molar-refractivity contribution >= 4 is 35.2 Å². The zero-order chi connectivity index (χ0) is 51.8. The standard InChI is InChI=1S/C40H45N7O3.C4H7NO3.C4H10O.C3H8.2C2H2/c1-40(15-16-40)24-47(36(48)22-43-39(49)50-3)23-35-41-20-34(44-35)30-14-13-28-17-27(11-12-29(28)18-30)25-7-9-26(10-8-25)33-21-42-38(45-33)37-31-5-4-6-32(19-31)46(37)2;1-8-4(7)5-2-3-6;1-4(2)5-3;1-3-2;2*1-2/h7-14,17-18,20-21,31-32,37H,4-6,15-16,19,22-24H2,1-3H3,(H,41,44)(H,42,45)(H,43,49);3H,2H2,1H3,(H,5,7);4H,1-3H3;3H2,1-2H3;2*1-2H/t31-,32+,37?;;;;;/m0...../s1. The van der Waals surface area contributed by atoms with Gasteiger partial charge in [-0.2, -0.15) is 0 Å². The van der Waals surface area contributed by atoms with Crippen molar-refractivity contribution < 1.29 is 33.4 Å². The predicted octanol–water partition coefficient (Wildman–Crippen LogP) is 9.81. The molecule has 2 saturated carbocycles. The highest BCUT2D eigenvalue weighted by atomic mass is 16.5. The fourth-order valence-electron chi connectivity index (χ4n) is 8.27. The van der Waals surface area contributed by atoms with E-state index in [1.165, 1.54) is 57.5 Å². The SMILES string of the molecule is C#C.C#C.CCC.COC(=O)NCC(=O)N(Cc1ncc(-c2ccc3cc(-c4ccc(-c5cnc(C6[C@H]7CCC[C@H](C7)N6C)[nH]5)cc4)ccc3c2)[nH]1)CC1(C)CC1.COC(=O)NCC=O.COC(C)C. The molecule has 3 fully saturated rings. The number of benzene rings is 3. The van der Waals surface area contributed by atoms with Crippen molar-refractivity contribution in [1.82, 2.24) is 40.4 Å². The number of ether oxygens (including phenoxy) is 3. The Balaban J connectivity index is 0.000000555. The summed E-state index contributed by atoms with van der Waals surface area (Å²) in [7, 11) is 6.49. The molecule has 4 N–H and O–H groups in total. The third-order valence-electron chi connectivity index (χ3n) is 12.3. The highest BCUT2D eigenvalue weighted by Gasteiger charge is 2.43. The monoisotopic (exact) mass is 959 g/mol. The fourth-order valence-corrected chi connectivity index (χ4v) is 8.27. The molecule has 2 aliphatic carbocycles. The Kier molecular flexibility index (Phi) is 23.9. The van der Waals surface area contributed by atoms with Crippen LogP contribution in [0.2, 0.25) is 0 Å². The van der Waals surface area contributed by atoms with E-state index in [1.807, 2.05) is 26.2 Å². The number of fused-ring (bicyclic) bond motifs is 3. The molecule has 2 bridgehead atoms. The number of aromatic amines is 2. The second-order valence-corrected chi connectivity index (χ2v) is 17.9. The normalized spacial score (nSPS) is 16.8. The summed E-state index contributed by atoms with van der Waals surface area (Å²) in [6.45, 7) is 11.3. The van der Waals surface area contributed by atoms with Gasteiger partial charge in [0.2, 0.25) is 5.91 Å². The molecule has 15 heteroatoms. The van der Waals surface area contributed by atoms with E-state index < -0.39 is 12.2 Å². The quantitative estimate of drug-likeness (QED) is 0.0655. The minimum Gasteiger partial charge on any atom is -0.453 e. The van der Waals surface area contributed by atoms with E-state index >= 15 is 0 Å². The van der Waals surface area contributed by atoms with Gasteiger partial charge in [0.15, 0.2) is 0 Å². The van der Waals surface area contributed by atoms with Gasteiger partial charge < -0.3 is 44.5 Å². The van der Waals surface area contributed by atoms with Gasteiger partial charge in [-0.1, -0.05) is 82.1 Å². The summed E-state index contributed by atoms with van der Waals surface area (Å²) in [4.78, 5) is 65.0. The summed E-state index contributed by atoms with van der Waals surface area (Å²) >= 11 is 0. The molecule has 1 aliphatic heterocycles. The van der Waals surface area contributed by atoms with Crippen LogP contribution in [0.4, 0.5) is 9.59 Å². The first-order chi connectivity index (χ1) is 33.7. The molecular formula is C55H74N8O7. The summed E-state index contributed by atoms with van der Waals surface area (Å²) in [5.74, 6) is 2.35. The number of nitrogens with one attached hydrogen (secondary N) is 4. The van der Waals surface area contributed by atoms with Crippen LogP contribution in [0.5, 0.6) is 0 Å². The number of terminal acetylenes is 2. The number of nitrogens with zero attached hydrogens (tertiary/aromatic N) is 4. The molecule has 2 aromatic heterocycles. The van der Waals surface area contributed by atoms with E-state index in [9.17, 15) is 19.2 Å². The third kappa shape index (κ3) is 16.9. The molecule has 3 aliphatic rings. The van der Waals surface area contributed by atoms with Gasteiger partial charge in [0, 0.05) is 25.3 Å². The van der Waals surface area contributed by atoms with Crippen LogP contribution < -0.4 is 10.6 Å². The topological polar surface area (TPSA) is 184 Å². The van der Waals surface area contributed by atoms with Crippen LogP contribution in [-0.2, 0) is 30.3 Å². The lowest BCUT2D eigenvalue weighted by molar-refractivity contribution is -0.131. The second-order valence-electron chi connectivity index (χ2n) is 17.9. The van der Waals surface area contributed by atoms with Gasteiger partial charge in [-0.3, -0.25) is 9.69 Å². The fraction of sp³-hybridized carbons (Fsp3) is 0.455. The summed E-state index contributed by atoms with van der Waals surface area (Å²) in [6.07, 6.45) is 28.2. The maximum atomic E-state index is 13.0. The smallest absolute Gasteiger partial charge is 0.407 e. The summed E-state index contributed by atoms with van der Waals surface area (Å²) < 4.78 is 13.5. The number of hydrogen-bond donors (Lipinski definition) is 4.